The number of nitrogens with one attached hydrogen (secondary N) is 1. The van der Waals surface area contributed by atoms with E-state index in [1.54, 1.807) is 19.2 Å². The number of likely N-dealkylation sites (N-methyl/N-ethyl adjacent to an activating group) is 1. The van der Waals surface area contributed by atoms with E-state index in [0.717, 1.165) is 31.0 Å². The number of non-ortho nitro benzene ring substituents is 1. The minimum absolute atomic E-state index is 0.132. The Hall–Kier alpha value is -1.82. The zero-order chi connectivity index (χ0) is 14.0. The molecule has 1 fully saturated rings. The highest BCUT2D eigenvalue weighted by atomic mass is 16.6. The van der Waals surface area contributed by atoms with Crippen molar-refractivity contribution in [3.63, 3.8) is 0 Å². The fraction of sp³-hybridized carbons (Fsp3) is 0.538. The van der Waals surface area contributed by atoms with Gasteiger partial charge in [-0.2, -0.15) is 0 Å². The monoisotopic (exact) mass is 264 g/mol. The predicted molar refractivity (Wildman–Crippen MR) is 76.9 cm³/mol. The van der Waals surface area contributed by atoms with E-state index in [0.29, 0.717) is 6.04 Å². The highest BCUT2D eigenvalue weighted by Crippen LogP contribution is 2.29. The third kappa shape index (κ3) is 2.96. The molecular weight excluding hydrogens is 244 g/mol. The Morgan fingerprint density at radius 2 is 2.11 bits per heavy atom. The maximum absolute atomic E-state index is 11.0. The van der Waals surface area contributed by atoms with Crippen LogP contribution in [0.25, 0.3) is 0 Å². The van der Waals surface area contributed by atoms with E-state index in [4.69, 9.17) is 0 Å². The van der Waals surface area contributed by atoms with Gasteiger partial charge in [0, 0.05) is 56.2 Å². The summed E-state index contributed by atoms with van der Waals surface area (Å²) in [6, 6.07) is 5.53. The third-order valence-electron chi connectivity index (χ3n) is 3.56. The van der Waals surface area contributed by atoms with Gasteiger partial charge in [0.15, 0.2) is 0 Å². The summed E-state index contributed by atoms with van der Waals surface area (Å²) in [5, 5.41) is 14.0. The van der Waals surface area contributed by atoms with Crippen LogP contribution in [0.2, 0.25) is 0 Å². The van der Waals surface area contributed by atoms with Gasteiger partial charge in [-0.05, 0) is 20.0 Å². The van der Waals surface area contributed by atoms with Crippen molar-refractivity contribution in [3.05, 3.63) is 28.3 Å². The molecule has 0 amide bonds. The van der Waals surface area contributed by atoms with Gasteiger partial charge in [0.05, 0.1) is 4.92 Å². The van der Waals surface area contributed by atoms with E-state index in [1.807, 2.05) is 6.07 Å². The number of hydrogen-bond acceptors (Lipinski definition) is 5. The van der Waals surface area contributed by atoms with Gasteiger partial charge in [-0.1, -0.05) is 0 Å². The van der Waals surface area contributed by atoms with Crippen molar-refractivity contribution in [2.24, 2.45) is 0 Å². The number of piperazine rings is 1. The second kappa shape index (κ2) is 5.44. The van der Waals surface area contributed by atoms with Gasteiger partial charge in [-0.3, -0.25) is 10.1 Å². The normalized spacial score (nSPS) is 20.4. The van der Waals surface area contributed by atoms with Crippen LogP contribution in [-0.2, 0) is 0 Å². The van der Waals surface area contributed by atoms with Crippen molar-refractivity contribution >= 4 is 17.1 Å². The minimum Gasteiger partial charge on any atom is -0.388 e. The van der Waals surface area contributed by atoms with Crippen LogP contribution in [0.5, 0.6) is 0 Å². The molecule has 0 radical (unpaired) electrons. The molecular formula is C13H20N4O2. The van der Waals surface area contributed by atoms with Crippen LogP contribution in [0.1, 0.15) is 6.92 Å². The molecule has 1 unspecified atom stereocenters. The van der Waals surface area contributed by atoms with Gasteiger partial charge < -0.3 is 15.1 Å². The number of rotatable bonds is 3. The number of nitro benzene ring substituents is 1. The molecule has 6 heteroatoms. The zero-order valence-electron chi connectivity index (χ0n) is 11.6. The van der Waals surface area contributed by atoms with Gasteiger partial charge >= 0.3 is 0 Å². The molecule has 104 valence electrons. The fourth-order valence-corrected chi connectivity index (χ4v) is 2.53. The molecule has 1 saturated heterocycles. The molecule has 1 aliphatic rings. The van der Waals surface area contributed by atoms with Crippen LogP contribution in [0.15, 0.2) is 18.2 Å². The summed E-state index contributed by atoms with van der Waals surface area (Å²) in [4.78, 5) is 15.2. The molecule has 19 heavy (non-hydrogen) atoms. The Balaban J connectivity index is 2.33. The second-order valence-corrected chi connectivity index (χ2v) is 5.05. The van der Waals surface area contributed by atoms with Gasteiger partial charge in [0.2, 0.25) is 0 Å². The van der Waals surface area contributed by atoms with Crippen LogP contribution in [0, 0.1) is 10.1 Å². The van der Waals surface area contributed by atoms with E-state index in [9.17, 15) is 10.1 Å². The molecule has 1 heterocycles. The highest BCUT2D eigenvalue weighted by molar-refractivity contribution is 5.64. The quantitative estimate of drug-likeness (QED) is 0.666. The SMILES string of the molecule is CNc1cc(N2CCN(C)CC2C)cc([N+](=O)[O-])c1. The average Bonchev–Trinajstić information content (AvgIpc) is 2.38. The molecule has 2 rings (SSSR count). The standard InChI is InChI=1S/C13H20N4O2/c1-10-9-15(3)4-5-16(10)12-6-11(14-2)7-13(8-12)17(18)19/h6-8,10,14H,4-5,9H2,1-3H3. The summed E-state index contributed by atoms with van der Waals surface area (Å²) in [5.41, 5.74) is 1.82. The summed E-state index contributed by atoms with van der Waals surface area (Å²) in [6.07, 6.45) is 0. The number of benzene rings is 1. The van der Waals surface area contributed by atoms with Crippen molar-refractivity contribution in [1.82, 2.24) is 4.90 Å². The molecule has 1 atom stereocenters. The van der Waals surface area contributed by atoms with Crippen LogP contribution >= 0.6 is 0 Å². The van der Waals surface area contributed by atoms with Gasteiger partial charge in [0.1, 0.15) is 0 Å². The molecule has 0 aliphatic carbocycles. The predicted octanol–water partition coefficient (Wildman–Crippen LogP) is 1.78. The lowest BCUT2D eigenvalue weighted by Gasteiger charge is -2.39. The molecule has 0 bridgehead atoms. The van der Waals surface area contributed by atoms with Crippen molar-refractivity contribution < 1.29 is 4.92 Å². The Bertz CT molecular complexity index is 478. The lowest BCUT2D eigenvalue weighted by molar-refractivity contribution is -0.384. The van der Waals surface area contributed by atoms with Gasteiger partial charge in [-0.15, -0.1) is 0 Å². The smallest absolute Gasteiger partial charge is 0.273 e. The molecule has 1 aromatic carbocycles. The Morgan fingerprint density at radius 3 is 2.68 bits per heavy atom. The van der Waals surface area contributed by atoms with Crippen LogP contribution < -0.4 is 10.2 Å². The van der Waals surface area contributed by atoms with Crippen LogP contribution in [-0.4, -0.2) is 49.6 Å². The molecule has 1 aromatic rings. The van der Waals surface area contributed by atoms with Crippen molar-refractivity contribution in [3.8, 4) is 0 Å². The first kappa shape index (κ1) is 13.6. The first-order valence-electron chi connectivity index (χ1n) is 6.43. The Labute approximate surface area is 113 Å². The summed E-state index contributed by atoms with van der Waals surface area (Å²) in [5.74, 6) is 0. The van der Waals surface area contributed by atoms with Gasteiger partial charge in [-0.25, -0.2) is 0 Å². The van der Waals surface area contributed by atoms with E-state index in [1.165, 1.54) is 0 Å². The van der Waals surface area contributed by atoms with E-state index < -0.39 is 0 Å². The van der Waals surface area contributed by atoms with E-state index in [-0.39, 0.29) is 10.6 Å². The van der Waals surface area contributed by atoms with Crippen molar-refractivity contribution in [1.29, 1.82) is 0 Å². The Kier molecular flexibility index (Phi) is 3.90. The third-order valence-corrected chi connectivity index (χ3v) is 3.56. The number of anilines is 2. The first-order chi connectivity index (χ1) is 9.01. The summed E-state index contributed by atoms with van der Waals surface area (Å²) >= 11 is 0. The molecule has 0 aromatic heterocycles. The molecule has 6 nitrogen and oxygen atoms in total. The fourth-order valence-electron chi connectivity index (χ4n) is 2.53. The molecule has 1 N–H and O–H groups in total. The largest absolute Gasteiger partial charge is 0.388 e. The van der Waals surface area contributed by atoms with E-state index in [2.05, 4.69) is 29.1 Å². The maximum Gasteiger partial charge on any atom is 0.273 e. The average molecular weight is 264 g/mol. The Morgan fingerprint density at radius 1 is 1.37 bits per heavy atom. The number of nitro groups is 1. The van der Waals surface area contributed by atoms with Crippen LogP contribution in [0.4, 0.5) is 17.1 Å². The zero-order valence-corrected chi connectivity index (χ0v) is 11.6. The summed E-state index contributed by atoms with van der Waals surface area (Å²) in [6.45, 7) is 4.98. The topological polar surface area (TPSA) is 61.6 Å². The summed E-state index contributed by atoms with van der Waals surface area (Å²) < 4.78 is 0. The number of hydrogen-bond donors (Lipinski definition) is 1. The van der Waals surface area contributed by atoms with E-state index >= 15 is 0 Å². The van der Waals surface area contributed by atoms with Crippen molar-refractivity contribution in [2.45, 2.75) is 13.0 Å². The van der Waals surface area contributed by atoms with Gasteiger partial charge in [0.25, 0.3) is 5.69 Å². The van der Waals surface area contributed by atoms with Crippen molar-refractivity contribution in [2.75, 3.05) is 43.9 Å². The molecule has 0 saturated carbocycles. The summed E-state index contributed by atoms with van der Waals surface area (Å²) in [7, 11) is 3.87. The minimum atomic E-state index is -0.342. The second-order valence-electron chi connectivity index (χ2n) is 5.05. The lowest BCUT2D eigenvalue weighted by atomic mass is 10.1. The lowest BCUT2D eigenvalue weighted by Crippen LogP contribution is -2.50. The molecule has 1 aliphatic heterocycles. The molecule has 0 spiro atoms. The highest BCUT2D eigenvalue weighted by Gasteiger charge is 2.23. The maximum atomic E-state index is 11.0. The first-order valence-corrected chi connectivity index (χ1v) is 6.43. The van der Waals surface area contributed by atoms with Crippen LogP contribution in [0.3, 0.4) is 0 Å². The number of nitrogens with zero attached hydrogens (tertiary/aromatic N) is 3.